The van der Waals surface area contributed by atoms with E-state index in [1.54, 1.807) is 30.0 Å². The third kappa shape index (κ3) is 5.09. The molecule has 3 amide bonds. The Morgan fingerprint density at radius 3 is 2.70 bits per heavy atom. The van der Waals surface area contributed by atoms with Gasteiger partial charge in [0, 0.05) is 25.3 Å². The van der Waals surface area contributed by atoms with Gasteiger partial charge in [-0.25, -0.2) is 9.18 Å². The van der Waals surface area contributed by atoms with E-state index in [1.807, 2.05) is 0 Å². The maximum absolute atomic E-state index is 13.6. The van der Waals surface area contributed by atoms with Crippen LogP contribution in [0.15, 0.2) is 41.2 Å². The van der Waals surface area contributed by atoms with Crippen molar-refractivity contribution in [2.75, 3.05) is 25.0 Å². The Bertz CT molecular complexity index is 784. The summed E-state index contributed by atoms with van der Waals surface area (Å²) in [6.45, 7) is 3.59. The standard InChI is InChI=1S/C20H24FN3O3/c1-14-2-3-17(12-18(14)21)23-20(26)24-9-5-15(6-10-24)4-8-22-19(25)16-7-11-27-13-16/h2-3,7,11-13,15H,4-6,8-10H2,1H3,(H,22,25)(H,23,26). The minimum atomic E-state index is -0.330. The minimum absolute atomic E-state index is 0.133. The van der Waals surface area contributed by atoms with Gasteiger partial charge in [-0.1, -0.05) is 6.07 Å². The first-order valence-electron chi connectivity index (χ1n) is 9.15. The third-order valence-electron chi connectivity index (χ3n) is 4.95. The lowest BCUT2D eigenvalue weighted by atomic mass is 9.93. The van der Waals surface area contributed by atoms with E-state index in [0.717, 1.165) is 19.3 Å². The molecule has 6 nitrogen and oxygen atoms in total. The number of anilines is 1. The van der Waals surface area contributed by atoms with Crippen LogP contribution >= 0.6 is 0 Å². The van der Waals surface area contributed by atoms with Crippen molar-refractivity contribution in [1.29, 1.82) is 0 Å². The van der Waals surface area contributed by atoms with Gasteiger partial charge in [-0.15, -0.1) is 0 Å². The Morgan fingerprint density at radius 2 is 2.04 bits per heavy atom. The maximum Gasteiger partial charge on any atom is 0.321 e. The average Bonchev–Trinajstić information content (AvgIpc) is 3.20. The minimum Gasteiger partial charge on any atom is -0.472 e. The largest absolute Gasteiger partial charge is 0.472 e. The summed E-state index contributed by atoms with van der Waals surface area (Å²) in [5.41, 5.74) is 1.54. The topological polar surface area (TPSA) is 74.6 Å². The number of nitrogens with zero attached hydrogens (tertiary/aromatic N) is 1. The molecule has 0 unspecified atom stereocenters. The number of urea groups is 1. The van der Waals surface area contributed by atoms with Crippen LogP contribution < -0.4 is 10.6 Å². The summed E-state index contributed by atoms with van der Waals surface area (Å²) in [6.07, 6.45) is 5.55. The molecule has 1 aromatic heterocycles. The van der Waals surface area contributed by atoms with Gasteiger partial charge in [-0.2, -0.15) is 0 Å². The lowest BCUT2D eigenvalue weighted by molar-refractivity contribution is 0.0949. The van der Waals surface area contributed by atoms with Gasteiger partial charge in [0.25, 0.3) is 5.91 Å². The van der Waals surface area contributed by atoms with Gasteiger partial charge in [0.1, 0.15) is 12.1 Å². The number of hydrogen-bond acceptors (Lipinski definition) is 3. The molecule has 0 saturated carbocycles. The fourth-order valence-electron chi connectivity index (χ4n) is 3.18. The molecule has 0 aliphatic carbocycles. The number of nitrogens with one attached hydrogen (secondary N) is 2. The summed E-state index contributed by atoms with van der Waals surface area (Å²) in [6, 6.07) is 6.11. The normalized spacial score (nSPS) is 14.8. The first-order chi connectivity index (χ1) is 13.0. The number of carbonyl (C=O) groups is 2. The Labute approximate surface area is 157 Å². The second-order valence-corrected chi connectivity index (χ2v) is 6.88. The van der Waals surface area contributed by atoms with Crippen LogP contribution in [0.3, 0.4) is 0 Å². The van der Waals surface area contributed by atoms with E-state index < -0.39 is 0 Å². The first-order valence-corrected chi connectivity index (χ1v) is 9.15. The van der Waals surface area contributed by atoms with Gasteiger partial charge < -0.3 is 20.0 Å². The zero-order chi connectivity index (χ0) is 19.2. The molecule has 1 aromatic carbocycles. The molecule has 1 aliphatic heterocycles. The number of hydrogen-bond donors (Lipinski definition) is 2. The van der Waals surface area contributed by atoms with E-state index in [4.69, 9.17) is 4.42 Å². The highest BCUT2D eigenvalue weighted by molar-refractivity contribution is 5.93. The SMILES string of the molecule is Cc1ccc(NC(=O)N2CCC(CCNC(=O)c3ccoc3)CC2)cc1F. The maximum atomic E-state index is 13.6. The van der Waals surface area contributed by atoms with Gasteiger partial charge in [0.15, 0.2) is 0 Å². The number of benzene rings is 1. The van der Waals surface area contributed by atoms with Crippen LogP contribution in [0, 0.1) is 18.7 Å². The van der Waals surface area contributed by atoms with Crippen molar-refractivity contribution in [3.63, 3.8) is 0 Å². The highest BCUT2D eigenvalue weighted by atomic mass is 19.1. The number of carbonyl (C=O) groups excluding carboxylic acids is 2. The van der Waals surface area contributed by atoms with Crippen molar-refractivity contribution in [2.24, 2.45) is 5.92 Å². The molecule has 3 rings (SSSR count). The number of furan rings is 1. The molecule has 1 aliphatic rings. The average molecular weight is 373 g/mol. The highest BCUT2D eigenvalue weighted by Gasteiger charge is 2.23. The molecule has 2 aromatic rings. The zero-order valence-electron chi connectivity index (χ0n) is 15.3. The molecular formula is C20H24FN3O3. The predicted octanol–water partition coefficient (Wildman–Crippen LogP) is 3.79. The van der Waals surface area contributed by atoms with Gasteiger partial charge >= 0.3 is 6.03 Å². The van der Waals surface area contributed by atoms with Crippen molar-refractivity contribution in [2.45, 2.75) is 26.2 Å². The van der Waals surface area contributed by atoms with Gasteiger partial charge in [0.05, 0.1) is 11.8 Å². The molecular weight excluding hydrogens is 349 g/mol. The van der Waals surface area contributed by atoms with Crippen molar-refractivity contribution in [3.05, 3.63) is 53.7 Å². The molecule has 1 fully saturated rings. The number of aryl methyl sites for hydroxylation is 1. The zero-order valence-corrected chi connectivity index (χ0v) is 15.3. The summed E-state index contributed by atoms with van der Waals surface area (Å²) in [7, 11) is 0. The van der Waals surface area contributed by atoms with Crippen LogP contribution in [-0.4, -0.2) is 36.5 Å². The molecule has 0 bridgehead atoms. The van der Waals surface area contributed by atoms with Gasteiger partial charge in [0.2, 0.25) is 0 Å². The lowest BCUT2D eigenvalue weighted by Crippen LogP contribution is -2.41. The van der Waals surface area contributed by atoms with Crippen LogP contribution in [-0.2, 0) is 0 Å². The second-order valence-electron chi connectivity index (χ2n) is 6.88. The predicted molar refractivity (Wildman–Crippen MR) is 100 cm³/mol. The summed E-state index contributed by atoms with van der Waals surface area (Å²) >= 11 is 0. The van der Waals surface area contributed by atoms with E-state index in [9.17, 15) is 14.0 Å². The summed E-state index contributed by atoms with van der Waals surface area (Å²) in [5.74, 6) is 0.00499. The van der Waals surface area contributed by atoms with E-state index in [1.165, 1.54) is 18.6 Å². The molecule has 144 valence electrons. The first kappa shape index (κ1) is 18.9. The molecule has 2 N–H and O–H groups in total. The van der Waals surface area contributed by atoms with E-state index in [2.05, 4.69) is 10.6 Å². The van der Waals surface area contributed by atoms with Crippen molar-refractivity contribution < 1.29 is 18.4 Å². The second kappa shape index (κ2) is 8.70. The summed E-state index contributed by atoms with van der Waals surface area (Å²) < 4.78 is 18.5. The Morgan fingerprint density at radius 1 is 1.26 bits per heavy atom. The fraction of sp³-hybridized carbons (Fsp3) is 0.400. The fourth-order valence-corrected chi connectivity index (χ4v) is 3.18. The van der Waals surface area contributed by atoms with Gasteiger partial charge in [-0.3, -0.25) is 4.79 Å². The number of halogens is 1. The highest BCUT2D eigenvalue weighted by Crippen LogP contribution is 2.21. The molecule has 7 heteroatoms. The Kier molecular flexibility index (Phi) is 6.11. The summed E-state index contributed by atoms with van der Waals surface area (Å²) in [5, 5.41) is 5.63. The lowest BCUT2D eigenvalue weighted by Gasteiger charge is -2.32. The van der Waals surface area contributed by atoms with E-state index in [0.29, 0.717) is 42.4 Å². The van der Waals surface area contributed by atoms with Crippen molar-refractivity contribution >= 4 is 17.6 Å². The van der Waals surface area contributed by atoms with Crippen molar-refractivity contribution in [1.82, 2.24) is 10.2 Å². The Balaban J connectivity index is 1.38. The Hall–Kier alpha value is -2.83. The summed E-state index contributed by atoms with van der Waals surface area (Å²) in [4.78, 5) is 25.9. The van der Waals surface area contributed by atoms with E-state index in [-0.39, 0.29) is 17.8 Å². The molecule has 27 heavy (non-hydrogen) atoms. The molecule has 0 spiro atoms. The van der Waals surface area contributed by atoms with Crippen LogP contribution in [0.5, 0.6) is 0 Å². The van der Waals surface area contributed by atoms with Gasteiger partial charge in [-0.05, 0) is 55.9 Å². The molecule has 2 heterocycles. The molecule has 1 saturated heterocycles. The molecule has 0 atom stereocenters. The quantitative estimate of drug-likeness (QED) is 0.837. The smallest absolute Gasteiger partial charge is 0.321 e. The molecule has 0 radical (unpaired) electrons. The van der Waals surface area contributed by atoms with Crippen molar-refractivity contribution in [3.8, 4) is 0 Å². The number of rotatable bonds is 5. The van der Waals surface area contributed by atoms with Crippen LogP contribution in [0.1, 0.15) is 35.2 Å². The number of piperidine rings is 1. The van der Waals surface area contributed by atoms with E-state index >= 15 is 0 Å². The van der Waals surface area contributed by atoms with Crippen LogP contribution in [0.4, 0.5) is 14.9 Å². The number of likely N-dealkylation sites (tertiary alicyclic amines) is 1. The van der Waals surface area contributed by atoms with Crippen LogP contribution in [0.25, 0.3) is 0 Å². The monoisotopic (exact) mass is 373 g/mol. The van der Waals surface area contributed by atoms with Crippen LogP contribution in [0.2, 0.25) is 0 Å². The third-order valence-corrected chi connectivity index (χ3v) is 4.95. The number of amides is 3.